The number of nitrogens with zero attached hydrogens (tertiary/aromatic N) is 3. The summed E-state index contributed by atoms with van der Waals surface area (Å²) in [5.41, 5.74) is 2.24. The first-order valence-electron chi connectivity index (χ1n) is 9.10. The molecule has 0 spiro atoms. The van der Waals surface area contributed by atoms with Gasteiger partial charge in [0.2, 0.25) is 0 Å². The van der Waals surface area contributed by atoms with Gasteiger partial charge in [0, 0.05) is 50.8 Å². The van der Waals surface area contributed by atoms with Crippen molar-refractivity contribution in [3.63, 3.8) is 0 Å². The standard InChI is InChI=1S/C21H23N5O2/c1-28-13-5-10-23-21(27)18-14-19(24-15-16-8-11-22-12-9-16)26-20(25-18)17-6-3-2-4-7-17/h2-4,6-9,11-12,14H,5,10,13,15H2,1H3,(H,23,27)(H,24,25,26). The van der Waals surface area contributed by atoms with Crippen LogP contribution in [0.25, 0.3) is 11.4 Å². The molecule has 2 aromatic heterocycles. The molecule has 3 rings (SSSR count). The molecule has 2 heterocycles. The largest absolute Gasteiger partial charge is 0.385 e. The van der Waals surface area contributed by atoms with Crippen LogP contribution < -0.4 is 10.6 Å². The van der Waals surface area contributed by atoms with Crippen LogP contribution in [-0.4, -0.2) is 41.1 Å². The first-order chi connectivity index (χ1) is 13.8. The second-order valence-corrected chi connectivity index (χ2v) is 6.14. The Balaban J connectivity index is 1.80. The summed E-state index contributed by atoms with van der Waals surface area (Å²) in [6, 6.07) is 15.1. The summed E-state index contributed by atoms with van der Waals surface area (Å²) in [6.07, 6.45) is 4.22. The van der Waals surface area contributed by atoms with E-state index in [0.717, 1.165) is 17.5 Å². The molecule has 7 heteroatoms. The lowest BCUT2D eigenvalue weighted by Crippen LogP contribution is -2.26. The van der Waals surface area contributed by atoms with Gasteiger partial charge in [-0.2, -0.15) is 0 Å². The lowest BCUT2D eigenvalue weighted by molar-refractivity contribution is 0.0943. The Kier molecular flexibility index (Phi) is 7.03. The molecule has 0 aliphatic carbocycles. The van der Waals surface area contributed by atoms with Crippen molar-refractivity contribution in [2.24, 2.45) is 0 Å². The van der Waals surface area contributed by atoms with Gasteiger partial charge in [0.1, 0.15) is 11.5 Å². The van der Waals surface area contributed by atoms with Gasteiger partial charge in [-0.05, 0) is 24.1 Å². The van der Waals surface area contributed by atoms with Crippen LogP contribution >= 0.6 is 0 Å². The minimum atomic E-state index is -0.234. The van der Waals surface area contributed by atoms with Crippen LogP contribution in [0, 0.1) is 0 Å². The second kappa shape index (κ2) is 10.1. The molecular formula is C21H23N5O2. The molecule has 0 bridgehead atoms. The molecule has 28 heavy (non-hydrogen) atoms. The smallest absolute Gasteiger partial charge is 0.270 e. The van der Waals surface area contributed by atoms with Crippen molar-refractivity contribution in [3.05, 3.63) is 72.2 Å². The number of nitrogens with one attached hydrogen (secondary N) is 2. The van der Waals surface area contributed by atoms with Crippen LogP contribution in [0.15, 0.2) is 60.9 Å². The van der Waals surface area contributed by atoms with E-state index in [0.29, 0.717) is 37.0 Å². The van der Waals surface area contributed by atoms with E-state index in [-0.39, 0.29) is 5.91 Å². The molecule has 0 atom stereocenters. The van der Waals surface area contributed by atoms with Crippen molar-refractivity contribution >= 4 is 11.7 Å². The minimum Gasteiger partial charge on any atom is -0.385 e. The van der Waals surface area contributed by atoms with E-state index in [4.69, 9.17) is 4.74 Å². The quantitative estimate of drug-likeness (QED) is 0.558. The molecule has 0 aliphatic rings. The predicted molar refractivity (Wildman–Crippen MR) is 108 cm³/mol. The third-order valence-corrected chi connectivity index (χ3v) is 4.02. The van der Waals surface area contributed by atoms with Crippen LogP contribution in [-0.2, 0) is 11.3 Å². The summed E-state index contributed by atoms with van der Waals surface area (Å²) >= 11 is 0. The normalized spacial score (nSPS) is 10.5. The molecule has 7 nitrogen and oxygen atoms in total. The van der Waals surface area contributed by atoms with Gasteiger partial charge in [0.25, 0.3) is 5.91 Å². The highest BCUT2D eigenvalue weighted by Gasteiger charge is 2.13. The van der Waals surface area contributed by atoms with Crippen LogP contribution in [0.5, 0.6) is 0 Å². The Labute approximate surface area is 164 Å². The number of aromatic nitrogens is 3. The minimum absolute atomic E-state index is 0.234. The van der Waals surface area contributed by atoms with E-state index in [9.17, 15) is 4.79 Å². The van der Waals surface area contributed by atoms with Crippen molar-refractivity contribution in [3.8, 4) is 11.4 Å². The van der Waals surface area contributed by atoms with Gasteiger partial charge >= 0.3 is 0 Å². The summed E-state index contributed by atoms with van der Waals surface area (Å²) in [5.74, 6) is 0.859. The zero-order chi connectivity index (χ0) is 19.6. The number of hydrogen-bond acceptors (Lipinski definition) is 6. The second-order valence-electron chi connectivity index (χ2n) is 6.14. The molecule has 0 saturated carbocycles. The van der Waals surface area contributed by atoms with E-state index < -0.39 is 0 Å². The van der Waals surface area contributed by atoms with Gasteiger partial charge in [-0.25, -0.2) is 9.97 Å². The van der Waals surface area contributed by atoms with Crippen molar-refractivity contribution < 1.29 is 9.53 Å². The van der Waals surface area contributed by atoms with Crippen LogP contribution in [0.1, 0.15) is 22.5 Å². The molecule has 1 amide bonds. The van der Waals surface area contributed by atoms with Gasteiger partial charge in [-0.3, -0.25) is 9.78 Å². The van der Waals surface area contributed by atoms with Crippen LogP contribution in [0.4, 0.5) is 5.82 Å². The Morgan fingerprint density at radius 3 is 2.61 bits per heavy atom. The summed E-state index contributed by atoms with van der Waals surface area (Å²) < 4.78 is 5.01. The molecule has 0 radical (unpaired) electrons. The van der Waals surface area contributed by atoms with Crippen molar-refractivity contribution in [2.75, 3.05) is 25.6 Å². The van der Waals surface area contributed by atoms with Gasteiger partial charge in [-0.15, -0.1) is 0 Å². The number of hydrogen-bond donors (Lipinski definition) is 2. The summed E-state index contributed by atoms with van der Waals surface area (Å²) in [6.45, 7) is 1.69. The molecule has 2 N–H and O–H groups in total. The fourth-order valence-corrected chi connectivity index (χ4v) is 2.57. The third-order valence-electron chi connectivity index (χ3n) is 4.02. The van der Waals surface area contributed by atoms with Crippen LogP contribution in [0.2, 0.25) is 0 Å². The number of ether oxygens (including phenoxy) is 1. The summed E-state index contributed by atoms with van der Waals surface area (Å²) in [7, 11) is 1.64. The molecule has 0 aliphatic heterocycles. The highest BCUT2D eigenvalue weighted by molar-refractivity contribution is 5.93. The van der Waals surface area contributed by atoms with Crippen molar-refractivity contribution in [1.82, 2.24) is 20.3 Å². The molecule has 0 fully saturated rings. The van der Waals surface area contributed by atoms with Gasteiger partial charge in [0.05, 0.1) is 0 Å². The molecule has 1 aromatic carbocycles. The molecule has 0 saturated heterocycles. The number of amides is 1. The number of carbonyl (C=O) groups excluding carboxylic acids is 1. The summed E-state index contributed by atoms with van der Waals surface area (Å²) in [4.78, 5) is 25.6. The first-order valence-corrected chi connectivity index (χ1v) is 9.10. The van der Waals surface area contributed by atoms with Gasteiger partial charge in [-0.1, -0.05) is 30.3 Å². The zero-order valence-corrected chi connectivity index (χ0v) is 15.8. The lowest BCUT2D eigenvalue weighted by Gasteiger charge is -2.11. The lowest BCUT2D eigenvalue weighted by atomic mass is 10.2. The Morgan fingerprint density at radius 2 is 1.86 bits per heavy atom. The summed E-state index contributed by atoms with van der Waals surface area (Å²) in [5, 5.41) is 6.13. The Hall–Kier alpha value is -3.32. The maximum absolute atomic E-state index is 12.5. The van der Waals surface area contributed by atoms with Gasteiger partial charge in [0.15, 0.2) is 5.82 Å². The average Bonchev–Trinajstić information content (AvgIpc) is 2.76. The first kappa shape index (κ1) is 19.4. The topological polar surface area (TPSA) is 89.0 Å². The van der Waals surface area contributed by atoms with Crippen molar-refractivity contribution in [2.45, 2.75) is 13.0 Å². The van der Waals surface area contributed by atoms with Crippen LogP contribution in [0.3, 0.4) is 0 Å². The third kappa shape index (κ3) is 5.59. The molecule has 3 aromatic rings. The maximum Gasteiger partial charge on any atom is 0.270 e. The van der Waals surface area contributed by atoms with Crippen molar-refractivity contribution in [1.29, 1.82) is 0 Å². The molecular weight excluding hydrogens is 354 g/mol. The number of methoxy groups -OCH3 is 1. The van der Waals surface area contributed by atoms with E-state index in [1.165, 1.54) is 0 Å². The number of anilines is 1. The van der Waals surface area contributed by atoms with Gasteiger partial charge < -0.3 is 15.4 Å². The van der Waals surface area contributed by atoms with E-state index in [2.05, 4.69) is 25.6 Å². The molecule has 0 unspecified atom stereocenters. The molecule has 144 valence electrons. The highest BCUT2D eigenvalue weighted by atomic mass is 16.5. The Morgan fingerprint density at radius 1 is 1.07 bits per heavy atom. The monoisotopic (exact) mass is 377 g/mol. The maximum atomic E-state index is 12.5. The van der Waals surface area contributed by atoms with E-state index in [1.807, 2.05) is 42.5 Å². The predicted octanol–water partition coefficient (Wildman–Crippen LogP) is 2.92. The zero-order valence-electron chi connectivity index (χ0n) is 15.8. The average molecular weight is 377 g/mol. The highest BCUT2D eigenvalue weighted by Crippen LogP contribution is 2.18. The number of pyridine rings is 1. The number of carbonyl (C=O) groups is 1. The number of rotatable bonds is 9. The SMILES string of the molecule is COCCCNC(=O)c1cc(NCc2ccncc2)nc(-c2ccccc2)n1. The Bertz CT molecular complexity index is 888. The number of benzene rings is 1. The van der Waals surface area contributed by atoms with E-state index >= 15 is 0 Å². The fraction of sp³-hybridized carbons (Fsp3) is 0.238. The van der Waals surface area contributed by atoms with E-state index in [1.54, 1.807) is 25.6 Å². The fourth-order valence-electron chi connectivity index (χ4n) is 2.57.